The number of hydrogen-bond acceptors (Lipinski definition) is 4. The van der Waals surface area contributed by atoms with Gasteiger partial charge in [-0.1, -0.05) is 6.07 Å². The van der Waals surface area contributed by atoms with E-state index < -0.39 is 5.60 Å². The average molecular weight is 261 g/mol. The molecule has 0 spiro atoms. The lowest BCUT2D eigenvalue weighted by atomic mass is 9.94. The molecule has 1 saturated heterocycles. The zero-order chi connectivity index (χ0) is 13.3. The van der Waals surface area contributed by atoms with Crippen LogP contribution in [-0.4, -0.2) is 46.9 Å². The van der Waals surface area contributed by atoms with Crippen LogP contribution in [0.1, 0.15) is 12.8 Å². The van der Waals surface area contributed by atoms with Crippen LogP contribution in [0.25, 0.3) is 5.65 Å². The van der Waals surface area contributed by atoms with Gasteiger partial charge in [-0.15, -0.1) is 0 Å². The molecule has 5 heteroatoms. The number of nitrogens with zero attached hydrogens (tertiary/aromatic N) is 3. The van der Waals surface area contributed by atoms with Crippen molar-refractivity contribution in [1.82, 2.24) is 9.38 Å². The van der Waals surface area contributed by atoms with Gasteiger partial charge >= 0.3 is 0 Å². The highest BCUT2D eigenvalue weighted by Gasteiger charge is 2.31. The van der Waals surface area contributed by atoms with Crippen LogP contribution in [0, 0.1) is 0 Å². The van der Waals surface area contributed by atoms with E-state index in [0.29, 0.717) is 32.6 Å². The van der Waals surface area contributed by atoms with Gasteiger partial charge in [0.2, 0.25) is 0 Å². The number of hydrogen-bond donors (Lipinski definition) is 1. The number of aliphatic hydroxyl groups is 1. The quantitative estimate of drug-likeness (QED) is 0.905. The van der Waals surface area contributed by atoms with Crippen LogP contribution >= 0.6 is 0 Å². The third kappa shape index (κ3) is 2.43. The molecule has 19 heavy (non-hydrogen) atoms. The number of imidazole rings is 1. The molecule has 102 valence electrons. The Labute approximate surface area is 112 Å². The molecule has 0 amide bonds. The minimum Gasteiger partial charge on any atom is -0.388 e. The van der Waals surface area contributed by atoms with E-state index in [1.807, 2.05) is 35.8 Å². The fraction of sp³-hybridized carbons (Fsp3) is 0.500. The molecule has 1 aliphatic heterocycles. The zero-order valence-corrected chi connectivity index (χ0v) is 11.1. The summed E-state index contributed by atoms with van der Waals surface area (Å²) in [5, 5.41) is 10.6. The van der Waals surface area contributed by atoms with E-state index in [0.717, 1.165) is 11.5 Å². The second-order valence-electron chi connectivity index (χ2n) is 5.23. The predicted molar refractivity (Wildman–Crippen MR) is 73.5 cm³/mol. The molecule has 1 N–H and O–H groups in total. The molecule has 5 nitrogen and oxygen atoms in total. The number of aromatic nitrogens is 2. The SMILES string of the molecule is CN(CC1(O)CCOCC1)c1cccc2nccn12. The topological polar surface area (TPSA) is 50.0 Å². The summed E-state index contributed by atoms with van der Waals surface area (Å²) in [7, 11) is 2.00. The fourth-order valence-corrected chi connectivity index (χ4v) is 2.68. The average Bonchev–Trinajstić information content (AvgIpc) is 2.86. The molecule has 3 heterocycles. The molecule has 0 atom stereocenters. The van der Waals surface area contributed by atoms with Gasteiger partial charge in [-0.2, -0.15) is 0 Å². The first-order valence-electron chi connectivity index (χ1n) is 6.61. The lowest BCUT2D eigenvalue weighted by molar-refractivity contribution is -0.0573. The Morgan fingerprint density at radius 3 is 3.00 bits per heavy atom. The molecular weight excluding hydrogens is 242 g/mol. The highest BCUT2D eigenvalue weighted by molar-refractivity contribution is 5.51. The molecule has 1 fully saturated rings. The van der Waals surface area contributed by atoms with E-state index in [1.165, 1.54) is 0 Å². The Bertz CT molecular complexity index is 561. The minimum absolute atomic E-state index is 0.605. The maximum atomic E-state index is 10.6. The number of rotatable bonds is 3. The van der Waals surface area contributed by atoms with E-state index in [-0.39, 0.29) is 0 Å². The van der Waals surface area contributed by atoms with Crippen LogP contribution in [0.15, 0.2) is 30.6 Å². The Balaban J connectivity index is 1.83. The maximum absolute atomic E-state index is 10.6. The first-order valence-corrected chi connectivity index (χ1v) is 6.61. The summed E-state index contributed by atoms with van der Waals surface area (Å²) in [6, 6.07) is 6.00. The summed E-state index contributed by atoms with van der Waals surface area (Å²) in [6.45, 7) is 1.88. The summed E-state index contributed by atoms with van der Waals surface area (Å²) in [5.41, 5.74) is 0.263. The third-order valence-corrected chi connectivity index (χ3v) is 3.75. The van der Waals surface area contributed by atoms with Crippen molar-refractivity contribution in [2.24, 2.45) is 0 Å². The molecule has 2 aromatic heterocycles. The van der Waals surface area contributed by atoms with Crippen LogP contribution in [-0.2, 0) is 4.74 Å². The molecule has 0 bridgehead atoms. The van der Waals surface area contributed by atoms with Gasteiger partial charge in [0, 0.05) is 52.0 Å². The molecule has 0 aliphatic carbocycles. The Kier molecular flexibility index (Phi) is 3.16. The highest BCUT2D eigenvalue weighted by Crippen LogP contribution is 2.24. The first-order chi connectivity index (χ1) is 9.18. The Morgan fingerprint density at radius 1 is 1.42 bits per heavy atom. The van der Waals surface area contributed by atoms with E-state index in [2.05, 4.69) is 9.88 Å². The summed E-state index contributed by atoms with van der Waals surface area (Å²) in [4.78, 5) is 6.36. The first kappa shape index (κ1) is 12.4. The van der Waals surface area contributed by atoms with Crippen LogP contribution < -0.4 is 4.90 Å². The number of pyridine rings is 1. The summed E-state index contributed by atoms with van der Waals surface area (Å²) in [5.74, 6) is 1.04. The van der Waals surface area contributed by atoms with Crippen LogP contribution in [0.3, 0.4) is 0 Å². The van der Waals surface area contributed by atoms with Crippen molar-refractivity contribution >= 4 is 11.5 Å². The second-order valence-corrected chi connectivity index (χ2v) is 5.23. The lowest BCUT2D eigenvalue weighted by Gasteiger charge is -2.36. The Morgan fingerprint density at radius 2 is 2.21 bits per heavy atom. The van der Waals surface area contributed by atoms with Gasteiger partial charge in [0.05, 0.1) is 5.60 Å². The van der Waals surface area contributed by atoms with E-state index in [1.54, 1.807) is 6.20 Å². The van der Waals surface area contributed by atoms with E-state index in [9.17, 15) is 5.11 Å². The van der Waals surface area contributed by atoms with Crippen molar-refractivity contribution in [3.8, 4) is 0 Å². The summed E-state index contributed by atoms with van der Waals surface area (Å²) < 4.78 is 7.35. The summed E-state index contributed by atoms with van der Waals surface area (Å²) in [6.07, 6.45) is 5.11. The van der Waals surface area contributed by atoms with E-state index >= 15 is 0 Å². The number of anilines is 1. The smallest absolute Gasteiger partial charge is 0.138 e. The number of ether oxygens (including phenoxy) is 1. The number of likely N-dealkylation sites (N-methyl/N-ethyl adjacent to an activating group) is 1. The monoisotopic (exact) mass is 261 g/mol. The molecule has 3 rings (SSSR count). The van der Waals surface area contributed by atoms with Gasteiger partial charge in [-0.3, -0.25) is 4.40 Å². The van der Waals surface area contributed by atoms with Gasteiger partial charge < -0.3 is 14.7 Å². The van der Waals surface area contributed by atoms with Gasteiger partial charge in [0.1, 0.15) is 11.5 Å². The zero-order valence-electron chi connectivity index (χ0n) is 11.1. The molecule has 0 unspecified atom stereocenters. The number of fused-ring (bicyclic) bond motifs is 1. The molecule has 2 aromatic rings. The van der Waals surface area contributed by atoms with Crippen molar-refractivity contribution in [2.75, 3.05) is 31.7 Å². The maximum Gasteiger partial charge on any atom is 0.138 e. The minimum atomic E-state index is -0.657. The van der Waals surface area contributed by atoms with Gasteiger partial charge in [0.15, 0.2) is 0 Å². The van der Waals surface area contributed by atoms with Crippen molar-refractivity contribution < 1.29 is 9.84 Å². The molecular formula is C14H19N3O2. The van der Waals surface area contributed by atoms with Gasteiger partial charge in [-0.05, 0) is 12.1 Å². The predicted octanol–water partition coefficient (Wildman–Crippen LogP) is 1.31. The lowest BCUT2D eigenvalue weighted by Crippen LogP contribution is -2.46. The van der Waals surface area contributed by atoms with Crippen molar-refractivity contribution in [1.29, 1.82) is 0 Å². The standard InChI is InChI=1S/C14H19N3O2/c1-16(11-14(18)5-9-19-10-6-14)13-4-2-3-12-15-7-8-17(12)13/h2-4,7-8,18H,5-6,9-11H2,1H3. The largest absolute Gasteiger partial charge is 0.388 e. The normalized spacial score (nSPS) is 18.6. The molecule has 0 aromatic carbocycles. The summed E-state index contributed by atoms with van der Waals surface area (Å²) >= 11 is 0. The molecule has 0 radical (unpaired) electrons. The molecule has 0 saturated carbocycles. The van der Waals surface area contributed by atoms with Crippen molar-refractivity contribution in [3.05, 3.63) is 30.6 Å². The van der Waals surface area contributed by atoms with Gasteiger partial charge in [0.25, 0.3) is 0 Å². The molecule has 1 aliphatic rings. The van der Waals surface area contributed by atoms with Crippen LogP contribution in [0.5, 0.6) is 0 Å². The fourth-order valence-electron chi connectivity index (χ4n) is 2.68. The van der Waals surface area contributed by atoms with Gasteiger partial charge in [-0.25, -0.2) is 4.98 Å². The van der Waals surface area contributed by atoms with E-state index in [4.69, 9.17) is 4.74 Å². The third-order valence-electron chi connectivity index (χ3n) is 3.75. The van der Waals surface area contributed by atoms with Crippen LogP contribution in [0.2, 0.25) is 0 Å². The highest BCUT2D eigenvalue weighted by atomic mass is 16.5. The van der Waals surface area contributed by atoms with Crippen LogP contribution in [0.4, 0.5) is 5.82 Å². The second kappa shape index (κ2) is 4.83. The van der Waals surface area contributed by atoms with Crippen molar-refractivity contribution in [2.45, 2.75) is 18.4 Å². The van der Waals surface area contributed by atoms with Crippen molar-refractivity contribution in [3.63, 3.8) is 0 Å². The Hall–Kier alpha value is -1.59.